The van der Waals surface area contributed by atoms with Gasteiger partial charge in [0.25, 0.3) is 0 Å². The van der Waals surface area contributed by atoms with Gasteiger partial charge in [0, 0.05) is 38.3 Å². The Labute approximate surface area is 118 Å². The highest BCUT2D eigenvalue weighted by Crippen LogP contribution is 2.36. The Bertz CT molecular complexity index is 282. The average molecular weight is 266 g/mol. The number of piperazine rings is 1. The van der Waals surface area contributed by atoms with E-state index in [0.29, 0.717) is 11.6 Å². The van der Waals surface area contributed by atoms with Crippen molar-refractivity contribution in [3.8, 4) is 0 Å². The molecule has 110 valence electrons. The largest absolute Gasteiger partial charge is 0.378 e. The molecule has 2 heterocycles. The molecule has 1 saturated carbocycles. The zero-order chi connectivity index (χ0) is 13.1. The van der Waals surface area contributed by atoms with Crippen LogP contribution in [0, 0.1) is 0 Å². The highest BCUT2D eigenvalue weighted by Gasteiger charge is 2.41. The molecule has 0 aromatic carbocycles. The molecule has 1 aliphatic carbocycles. The molecule has 3 fully saturated rings. The Morgan fingerprint density at radius 3 is 2.68 bits per heavy atom. The van der Waals surface area contributed by atoms with Gasteiger partial charge in [0.1, 0.15) is 0 Å². The van der Waals surface area contributed by atoms with Crippen LogP contribution in [0.2, 0.25) is 0 Å². The standard InChI is InChI=1S/C16H30N2O/c1-17-11-12-18(10-7-15-6-5-13-19-15)16(14-17)8-3-2-4-9-16/h15H,2-14H2,1H3/t15-/m0/s1. The topological polar surface area (TPSA) is 15.7 Å². The summed E-state index contributed by atoms with van der Waals surface area (Å²) in [5, 5.41) is 0. The van der Waals surface area contributed by atoms with Gasteiger partial charge in [-0.3, -0.25) is 4.90 Å². The van der Waals surface area contributed by atoms with Gasteiger partial charge < -0.3 is 9.64 Å². The highest BCUT2D eigenvalue weighted by molar-refractivity contribution is 4.98. The van der Waals surface area contributed by atoms with Crippen LogP contribution < -0.4 is 0 Å². The van der Waals surface area contributed by atoms with Crippen molar-refractivity contribution in [2.45, 2.75) is 63.0 Å². The van der Waals surface area contributed by atoms with Crippen LogP contribution in [0.15, 0.2) is 0 Å². The fourth-order valence-electron chi connectivity index (χ4n) is 4.42. The molecule has 0 bridgehead atoms. The van der Waals surface area contributed by atoms with Gasteiger partial charge in [-0.25, -0.2) is 0 Å². The molecule has 0 unspecified atom stereocenters. The summed E-state index contributed by atoms with van der Waals surface area (Å²) in [7, 11) is 2.30. The summed E-state index contributed by atoms with van der Waals surface area (Å²) in [6.07, 6.45) is 11.5. The van der Waals surface area contributed by atoms with Crippen molar-refractivity contribution in [3.63, 3.8) is 0 Å². The lowest BCUT2D eigenvalue weighted by molar-refractivity contribution is -0.0268. The van der Waals surface area contributed by atoms with Gasteiger partial charge in [-0.2, -0.15) is 0 Å². The van der Waals surface area contributed by atoms with Gasteiger partial charge in [-0.05, 0) is 39.2 Å². The zero-order valence-corrected chi connectivity index (χ0v) is 12.6. The van der Waals surface area contributed by atoms with Gasteiger partial charge in [0.05, 0.1) is 6.10 Å². The van der Waals surface area contributed by atoms with Crippen LogP contribution in [-0.2, 0) is 4.74 Å². The molecular formula is C16H30N2O. The summed E-state index contributed by atoms with van der Waals surface area (Å²) >= 11 is 0. The van der Waals surface area contributed by atoms with Gasteiger partial charge in [0.15, 0.2) is 0 Å². The Hall–Kier alpha value is -0.120. The predicted molar refractivity (Wildman–Crippen MR) is 78.5 cm³/mol. The molecule has 0 aromatic rings. The van der Waals surface area contributed by atoms with E-state index in [2.05, 4.69) is 16.8 Å². The highest BCUT2D eigenvalue weighted by atomic mass is 16.5. The molecule has 0 aromatic heterocycles. The number of hydrogen-bond acceptors (Lipinski definition) is 3. The molecule has 19 heavy (non-hydrogen) atoms. The second kappa shape index (κ2) is 6.11. The lowest BCUT2D eigenvalue weighted by Gasteiger charge is -2.52. The molecule has 0 radical (unpaired) electrons. The lowest BCUT2D eigenvalue weighted by atomic mass is 9.78. The van der Waals surface area contributed by atoms with E-state index in [0.717, 1.165) is 6.61 Å². The first-order chi connectivity index (χ1) is 9.28. The van der Waals surface area contributed by atoms with E-state index in [9.17, 15) is 0 Å². The first kappa shape index (κ1) is 13.8. The summed E-state index contributed by atoms with van der Waals surface area (Å²) < 4.78 is 5.80. The van der Waals surface area contributed by atoms with E-state index < -0.39 is 0 Å². The third-order valence-electron chi connectivity index (χ3n) is 5.52. The van der Waals surface area contributed by atoms with Crippen molar-refractivity contribution in [1.82, 2.24) is 9.80 Å². The van der Waals surface area contributed by atoms with Crippen LogP contribution in [0.3, 0.4) is 0 Å². The molecule has 1 spiro atoms. The zero-order valence-electron chi connectivity index (χ0n) is 12.6. The van der Waals surface area contributed by atoms with Crippen LogP contribution in [0.4, 0.5) is 0 Å². The molecule has 3 nitrogen and oxygen atoms in total. The molecule has 0 amide bonds. The molecule has 1 atom stereocenters. The molecule has 2 saturated heterocycles. The summed E-state index contributed by atoms with van der Waals surface area (Å²) in [4.78, 5) is 5.38. The van der Waals surface area contributed by atoms with Crippen LogP contribution in [0.25, 0.3) is 0 Å². The van der Waals surface area contributed by atoms with Crippen molar-refractivity contribution >= 4 is 0 Å². The Balaban J connectivity index is 1.59. The fourth-order valence-corrected chi connectivity index (χ4v) is 4.42. The summed E-state index contributed by atoms with van der Waals surface area (Å²) in [6.45, 7) is 6.06. The molecule has 0 N–H and O–H groups in total. The van der Waals surface area contributed by atoms with Crippen LogP contribution in [0.5, 0.6) is 0 Å². The minimum absolute atomic E-state index is 0.504. The minimum atomic E-state index is 0.504. The molecule has 3 heteroatoms. The molecule has 3 aliphatic rings. The number of nitrogens with zero attached hydrogens (tertiary/aromatic N) is 2. The van der Waals surface area contributed by atoms with Crippen LogP contribution in [0.1, 0.15) is 51.4 Å². The number of hydrogen-bond donors (Lipinski definition) is 0. The minimum Gasteiger partial charge on any atom is -0.378 e. The Morgan fingerprint density at radius 1 is 1.11 bits per heavy atom. The maximum absolute atomic E-state index is 5.80. The second-order valence-corrected chi connectivity index (χ2v) is 6.93. The quantitative estimate of drug-likeness (QED) is 0.780. The third-order valence-corrected chi connectivity index (χ3v) is 5.52. The van der Waals surface area contributed by atoms with Crippen LogP contribution in [-0.4, -0.2) is 61.3 Å². The molecular weight excluding hydrogens is 236 g/mol. The van der Waals surface area contributed by atoms with Crippen molar-refractivity contribution in [2.75, 3.05) is 39.8 Å². The fraction of sp³-hybridized carbons (Fsp3) is 1.00. The van der Waals surface area contributed by atoms with Crippen molar-refractivity contribution in [3.05, 3.63) is 0 Å². The SMILES string of the molecule is CN1CCN(CC[C@@H]2CCCO2)C2(CCCCC2)C1. The van der Waals surface area contributed by atoms with Gasteiger partial charge in [0.2, 0.25) is 0 Å². The summed E-state index contributed by atoms with van der Waals surface area (Å²) in [5.74, 6) is 0. The Morgan fingerprint density at radius 2 is 1.95 bits per heavy atom. The van der Waals surface area contributed by atoms with E-state index in [4.69, 9.17) is 4.74 Å². The van der Waals surface area contributed by atoms with Crippen LogP contribution >= 0.6 is 0 Å². The van der Waals surface area contributed by atoms with Crippen molar-refractivity contribution in [2.24, 2.45) is 0 Å². The maximum Gasteiger partial charge on any atom is 0.0588 e. The van der Waals surface area contributed by atoms with E-state index in [1.165, 1.54) is 77.5 Å². The monoisotopic (exact) mass is 266 g/mol. The Kier molecular flexibility index (Phi) is 4.45. The second-order valence-electron chi connectivity index (χ2n) is 6.93. The lowest BCUT2D eigenvalue weighted by Crippen LogP contribution is -2.62. The summed E-state index contributed by atoms with van der Waals surface area (Å²) in [6, 6.07) is 0. The first-order valence-electron chi connectivity index (χ1n) is 8.34. The van der Waals surface area contributed by atoms with E-state index in [1.807, 2.05) is 0 Å². The van der Waals surface area contributed by atoms with Crippen molar-refractivity contribution < 1.29 is 4.74 Å². The van der Waals surface area contributed by atoms with E-state index >= 15 is 0 Å². The number of ether oxygens (including phenoxy) is 1. The summed E-state index contributed by atoms with van der Waals surface area (Å²) in [5.41, 5.74) is 0.504. The molecule has 3 rings (SSSR count). The molecule has 2 aliphatic heterocycles. The first-order valence-corrected chi connectivity index (χ1v) is 8.34. The van der Waals surface area contributed by atoms with Crippen molar-refractivity contribution in [1.29, 1.82) is 0 Å². The maximum atomic E-state index is 5.80. The smallest absolute Gasteiger partial charge is 0.0588 e. The van der Waals surface area contributed by atoms with Gasteiger partial charge in [-0.15, -0.1) is 0 Å². The van der Waals surface area contributed by atoms with E-state index in [-0.39, 0.29) is 0 Å². The third kappa shape index (κ3) is 3.14. The van der Waals surface area contributed by atoms with E-state index in [1.54, 1.807) is 0 Å². The average Bonchev–Trinajstić information content (AvgIpc) is 2.92. The normalized spacial score (nSPS) is 33.0. The van der Waals surface area contributed by atoms with Gasteiger partial charge >= 0.3 is 0 Å². The number of likely N-dealkylation sites (N-methyl/N-ethyl adjacent to an activating group) is 1. The van der Waals surface area contributed by atoms with Gasteiger partial charge in [-0.1, -0.05) is 19.3 Å². The number of rotatable bonds is 3. The predicted octanol–water partition coefficient (Wildman–Crippen LogP) is 2.51.